The number of unbranched alkanes of at least 4 members (excludes halogenated alkanes) is 2. The molecule has 0 radical (unpaired) electrons. The second kappa shape index (κ2) is 6.55. The largest absolute Gasteiger partial charge is 0.250 e. The fraction of sp³-hybridized carbons (Fsp3) is 0.455. The summed E-state index contributed by atoms with van der Waals surface area (Å²) in [5, 5.41) is 0. The quantitative estimate of drug-likeness (QED) is 0.641. The number of sulfonamides is 1. The van der Waals surface area contributed by atoms with Crippen LogP contribution in [0.2, 0.25) is 0 Å². The topological polar surface area (TPSA) is 46.2 Å². The molecule has 1 N–H and O–H groups in total. The Kier molecular flexibility index (Phi) is 5.67. The number of nitrogens with one attached hydrogen (secondary N) is 1. The van der Waals surface area contributed by atoms with Crippen molar-refractivity contribution in [3.8, 4) is 12.3 Å². The fourth-order valence-electron chi connectivity index (χ4n) is 1.19. The molecule has 0 bridgehead atoms. The smallest absolute Gasteiger partial charge is 0.210 e. The van der Waals surface area contributed by atoms with Crippen LogP contribution in [0.15, 0.2) is 14.1 Å². The average Bonchev–Trinajstić information content (AvgIpc) is 2.60. The number of terminal acetylenes is 1. The third-order valence-electron chi connectivity index (χ3n) is 2.14. The lowest BCUT2D eigenvalue weighted by molar-refractivity contribution is 0.579. The van der Waals surface area contributed by atoms with Crippen LogP contribution in [-0.4, -0.2) is 15.0 Å². The van der Waals surface area contributed by atoms with Gasteiger partial charge in [-0.05, 0) is 47.3 Å². The molecule has 0 spiro atoms. The minimum Gasteiger partial charge on any atom is -0.210 e. The van der Waals surface area contributed by atoms with Crippen LogP contribution in [0.1, 0.15) is 24.8 Å². The molecule has 6 heteroatoms. The van der Waals surface area contributed by atoms with Gasteiger partial charge >= 0.3 is 0 Å². The molecule has 1 heterocycles. The van der Waals surface area contributed by atoms with E-state index in [1.54, 1.807) is 6.07 Å². The van der Waals surface area contributed by atoms with E-state index in [-0.39, 0.29) is 0 Å². The highest BCUT2D eigenvalue weighted by Gasteiger charge is 2.17. The zero-order valence-corrected chi connectivity index (χ0v) is 12.7. The predicted octanol–water partition coefficient (Wildman–Crippen LogP) is 2.90. The Morgan fingerprint density at radius 3 is 2.76 bits per heavy atom. The molecule has 0 aliphatic rings. The van der Waals surface area contributed by atoms with Crippen LogP contribution in [0.25, 0.3) is 0 Å². The van der Waals surface area contributed by atoms with Crippen molar-refractivity contribution >= 4 is 37.3 Å². The SMILES string of the molecule is C#CCCCCNS(=O)(=O)c1cc(C)c(Br)s1. The van der Waals surface area contributed by atoms with Gasteiger partial charge in [-0.3, -0.25) is 0 Å². The highest BCUT2D eigenvalue weighted by Crippen LogP contribution is 2.30. The molecule has 0 saturated heterocycles. The summed E-state index contributed by atoms with van der Waals surface area (Å²) in [5.74, 6) is 2.53. The minimum absolute atomic E-state index is 0.346. The van der Waals surface area contributed by atoms with Crippen molar-refractivity contribution in [3.05, 3.63) is 15.4 Å². The van der Waals surface area contributed by atoms with Crippen LogP contribution in [0, 0.1) is 19.3 Å². The van der Waals surface area contributed by atoms with Gasteiger partial charge in [0.25, 0.3) is 0 Å². The molecule has 1 aromatic rings. The van der Waals surface area contributed by atoms with Gasteiger partial charge in [-0.15, -0.1) is 23.7 Å². The first-order valence-electron chi connectivity index (χ1n) is 5.16. The summed E-state index contributed by atoms with van der Waals surface area (Å²) in [5.41, 5.74) is 0.933. The van der Waals surface area contributed by atoms with Crippen LogP contribution >= 0.6 is 27.3 Å². The first-order valence-corrected chi connectivity index (χ1v) is 8.25. The standard InChI is InChI=1S/C11H14BrNO2S2/c1-3-4-5-6-7-13-17(14,15)10-8-9(2)11(12)16-10/h1,8,13H,4-7H2,2H3. The summed E-state index contributed by atoms with van der Waals surface area (Å²) in [6.45, 7) is 2.30. The van der Waals surface area contributed by atoms with Crippen molar-refractivity contribution in [2.45, 2.75) is 30.4 Å². The van der Waals surface area contributed by atoms with E-state index in [0.717, 1.165) is 22.2 Å². The Hall–Kier alpha value is -0.350. The maximum atomic E-state index is 11.9. The predicted molar refractivity (Wildman–Crippen MR) is 74.6 cm³/mol. The van der Waals surface area contributed by atoms with Crippen molar-refractivity contribution in [3.63, 3.8) is 0 Å². The molecule has 0 atom stereocenters. The number of hydrogen-bond donors (Lipinski definition) is 1. The lowest BCUT2D eigenvalue weighted by Gasteiger charge is -2.03. The Labute approximate surface area is 115 Å². The molecule has 1 rings (SSSR count). The van der Waals surface area contributed by atoms with E-state index in [2.05, 4.69) is 26.6 Å². The number of hydrogen-bond acceptors (Lipinski definition) is 3. The van der Waals surface area contributed by atoms with Gasteiger partial charge in [0.2, 0.25) is 10.0 Å². The summed E-state index contributed by atoms with van der Waals surface area (Å²) in [6, 6.07) is 1.67. The van der Waals surface area contributed by atoms with Gasteiger partial charge in [0.1, 0.15) is 4.21 Å². The van der Waals surface area contributed by atoms with Crippen LogP contribution in [-0.2, 0) is 10.0 Å². The molecule has 94 valence electrons. The van der Waals surface area contributed by atoms with Crippen molar-refractivity contribution < 1.29 is 8.42 Å². The third-order valence-corrected chi connectivity index (χ3v) is 6.21. The molecule has 0 aromatic carbocycles. The normalized spacial score (nSPS) is 11.4. The third kappa shape index (κ3) is 4.43. The molecular weight excluding hydrogens is 322 g/mol. The Morgan fingerprint density at radius 1 is 1.53 bits per heavy atom. The van der Waals surface area contributed by atoms with Crippen LogP contribution < -0.4 is 4.72 Å². The molecule has 0 fully saturated rings. The summed E-state index contributed by atoms with van der Waals surface area (Å²) >= 11 is 4.54. The summed E-state index contributed by atoms with van der Waals surface area (Å²) in [6.07, 6.45) is 7.40. The zero-order valence-electron chi connectivity index (χ0n) is 9.49. The Bertz CT molecular complexity index is 495. The van der Waals surface area contributed by atoms with Gasteiger partial charge in [0, 0.05) is 13.0 Å². The van der Waals surface area contributed by atoms with Gasteiger partial charge in [-0.2, -0.15) is 0 Å². The summed E-state index contributed by atoms with van der Waals surface area (Å²) in [7, 11) is -3.36. The van der Waals surface area contributed by atoms with E-state index in [0.29, 0.717) is 17.2 Å². The van der Waals surface area contributed by atoms with Crippen molar-refractivity contribution in [2.75, 3.05) is 6.54 Å². The molecule has 0 amide bonds. The first kappa shape index (κ1) is 14.7. The van der Waals surface area contributed by atoms with E-state index in [1.807, 2.05) is 6.92 Å². The number of rotatable bonds is 6. The highest BCUT2D eigenvalue weighted by atomic mass is 79.9. The maximum Gasteiger partial charge on any atom is 0.250 e. The summed E-state index contributed by atoms with van der Waals surface area (Å²) < 4.78 is 27.5. The van der Waals surface area contributed by atoms with Crippen LogP contribution in [0.5, 0.6) is 0 Å². The van der Waals surface area contributed by atoms with E-state index in [1.165, 1.54) is 11.3 Å². The monoisotopic (exact) mass is 335 g/mol. The van der Waals surface area contributed by atoms with Crippen molar-refractivity contribution in [1.29, 1.82) is 0 Å². The number of aryl methyl sites for hydroxylation is 1. The van der Waals surface area contributed by atoms with Gasteiger partial charge in [0.05, 0.1) is 3.79 Å². The summed E-state index contributed by atoms with van der Waals surface area (Å²) in [4.78, 5) is 0. The van der Waals surface area contributed by atoms with Gasteiger partial charge < -0.3 is 0 Å². The number of thiophene rings is 1. The minimum atomic E-state index is -3.36. The molecule has 0 saturated carbocycles. The van der Waals surface area contributed by atoms with Gasteiger partial charge in [-0.25, -0.2) is 13.1 Å². The molecule has 17 heavy (non-hydrogen) atoms. The lowest BCUT2D eigenvalue weighted by Crippen LogP contribution is -2.23. The Morgan fingerprint density at radius 2 is 2.24 bits per heavy atom. The van der Waals surface area contributed by atoms with Crippen LogP contribution in [0.4, 0.5) is 0 Å². The molecule has 1 aromatic heterocycles. The van der Waals surface area contributed by atoms with Crippen molar-refractivity contribution in [2.24, 2.45) is 0 Å². The van der Waals surface area contributed by atoms with E-state index >= 15 is 0 Å². The van der Waals surface area contributed by atoms with E-state index in [9.17, 15) is 8.42 Å². The molecule has 0 aliphatic carbocycles. The van der Waals surface area contributed by atoms with Gasteiger partial charge in [-0.1, -0.05) is 0 Å². The zero-order chi connectivity index (χ0) is 12.9. The maximum absolute atomic E-state index is 11.9. The van der Waals surface area contributed by atoms with E-state index < -0.39 is 10.0 Å². The van der Waals surface area contributed by atoms with Crippen molar-refractivity contribution in [1.82, 2.24) is 4.72 Å². The van der Waals surface area contributed by atoms with Gasteiger partial charge in [0.15, 0.2) is 0 Å². The molecular formula is C11H14BrNO2S2. The Balaban J connectivity index is 2.55. The molecule has 0 aliphatic heterocycles. The second-order valence-corrected chi connectivity index (χ2v) is 7.95. The second-order valence-electron chi connectivity index (χ2n) is 3.58. The lowest BCUT2D eigenvalue weighted by atomic mass is 10.2. The van der Waals surface area contributed by atoms with E-state index in [4.69, 9.17) is 6.42 Å². The first-order chi connectivity index (χ1) is 7.97. The average molecular weight is 336 g/mol. The molecule has 3 nitrogen and oxygen atoms in total. The highest BCUT2D eigenvalue weighted by molar-refractivity contribution is 9.11. The fourth-order valence-corrected chi connectivity index (χ4v) is 4.54. The molecule has 0 unspecified atom stereocenters. The van der Waals surface area contributed by atoms with Crippen LogP contribution in [0.3, 0.4) is 0 Å². The number of halogens is 1.